The standard InChI is InChI=1S/C7H14O5S.Na/c1-2-7(8)12-5-3-4-6-13(9,10)11;/h2-6H2,1H3,(H,9,10,11);. The van der Waals surface area contributed by atoms with Gasteiger partial charge in [-0.25, -0.2) is 0 Å². The van der Waals surface area contributed by atoms with Gasteiger partial charge in [0.15, 0.2) is 0 Å². The Bertz CT molecular complexity index is 249. The number of esters is 1. The predicted octanol–water partition coefficient (Wildman–Crippen LogP) is 0.227. The summed E-state index contributed by atoms with van der Waals surface area (Å²) < 4.78 is 33.5. The van der Waals surface area contributed by atoms with Crippen LogP contribution in [0.3, 0.4) is 0 Å². The summed E-state index contributed by atoms with van der Waals surface area (Å²) in [6.45, 7) is 1.89. The maximum Gasteiger partial charge on any atom is 0.305 e. The van der Waals surface area contributed by atoms with E-state index in [4.69, 9.17) is 9.29 Å². The van der Waals surface area contributed by atoms with E-state index in [1.165, 1.54) is 0 Å². The fourth-order valence-electron chi connectivity index (χ4n) is 0.675. The minimum atomic E-state index is -3.87. The average molecular weight is 233 g/mol. The topological polar surface area (TPSA) is 80.7 Å². The van der Waals surface area contributed by atoms with Crippen molar-refractivity contribution in [1.82, 2.24) is 0 Å². The maximum atomic E-state index is 10.6. The van der Waals surface area contributed by atoms with E-state index in [9.17, 15) is 13.2 Å². The molecule has 0 saturated carbocycles. The molecule has 0 aromatic heterocycles. The number of carbonyl (C=O) groups is 1. The second-order valence-electron chi connectivity index (χ2n) is 2.57. The fraction of sp³-hybridized carbons (Fsp3) is 0.857. The van der Waals surface area contributed by atoms with E-state index in [0.29, 0.717) is 19.3 Å². The molecule has 0 aliphatic heterocycles. The number of rotatable bonds is 6. The Hall–Kier alpha value is 0.380. The Morgan fingerprint density at radius 3 is 2.36 bits per heavy atom. The van der Waals surface area contributed by atoms with Gasteiger partial charge in [-0.15, -0.1) is 0 Å². The largest absolute Gasteiger partial charge is 0.466 e. The van der Waals surface area contributed by atoms with Gasteiger partial charge in [-0.1, -0.05) is 6.92 Å². The summed E-state index contributed by atoms with van der Waals surface area (Å²) in [5.74, 6) is -0.580. The zero-order valence-electron chi connectivity index (χ0n) is 8.52. The number of hydrogen-bond donors (Lipinski definition) is 1. The zero-order valence-corrected chi connectivity index (χ0v) is 11.3. The third kappa shape index (κ3) is 12.4. The molecular weight excluding hydrogens is 219 g/mol. The zero-order chi connectivity index (χ0) is 10.3. The first-order valence-electron chi connectivity index (χ1n) is 4.06. The van der Waals surface area contributed by atoms with Crippen LogP contribution >= 0.6 is 0 Å². The molecule has 0 saturated heterocycles. The summed E-state index contributed by atoms with van der Waals surface area (Å²) in [6, 6.07) is 0. The second kappa shape index (κ2) is 8.67. The van der Waals surface area contributed by atoms with Crippen LogP contribution in [0.25, 0.3) is 0 Å². The first kappa shape index (κ1) is 16.8. The molecule has 0 bridgehead atoms. The normalized spacial score (nSPS) is 10.4. The van der Waals surface area contributed by atoms with E-state index in [-0.39, 0.29) is 47.9 Å². The average Bonchev–Trinajstić information content (AvgIpc) is 2.01. The molecule has 0 rings (SSSR count). The molecule has 0 aromatic rings. The molecule has 0 amide bonds. The molecule has 0 aliphatic rings. The van der Waals surface area contributed by atoms with Crippen molar-refractivity contribution in [2.75, 3.05) is 12.4 Å². The first-order chi connectivity index (χ1) is 5.95. The molecular formula is C7H14NaO5S. The molecule has 0 aliphatic carbocycles. The SMILES string of the molecule is CCC(=O)OCCCCS(=O)(=O)O.[Na]. The molecule has 0 fully saturated rings. The molecule has 0 spiro atoms. The van der Waals surface area contributed by atoms with Crippen LogP contribution < -0.4 is 0 Å². The molecule has 1 N–H and O–H groups in total. The summed E-state index contributed by atoms with van der Waals surface area (Å²) in [4.78, 5) is 10.6. The van der Waals surface area contributed by atoms with Gasteiger partial charge in [0.1, 0.15) is 0 Å². The molecule has 0 unspecified atom stereocenters. The Labute approximate surface area is 106 Å². The quantitative estimate of drug-likeness (QED) is 0.307. The van der Waals surface area contributed by atoms with E-state index >= 15 is 0 Å². The Kier molecular flexibility index (Phi) is 10.4. The molecule has 1 radical (unpaired) electrons. The second-order valence-corrected chi connectivity index (χ2v) is 4.14. The van der Waals surface area contributed by atoms with E-state index in [1.807, 2.05) is 0 Å². The van der Waals surface area contributed by atoms with Crippen molar-refractivity contribution in [2.45, 2.75) is 26.2 Å². The van der Waals surface area contributed by atoms with E-state index in [0.717, 1.165) is 0 Å². The molecule has 0 aromatic carbocycles. The van der Waals surface area contributed by atoms with Crippen molar-refractivity contribution in [1.29, 1.82) is 0 Å². The molecule has 5 nitrogen and oxygen atoms in total. The van der Waals surface area contributed by atoms with Crippen LogP contribution in [0.1, 0.15) is 26.2 Å². The Morgan fingerprint density at radius 1 is 1.36 bits per heavy atom. The van der Waals surface area contributed by atoms with E-state index in [2.05, 4.69) is 0 Å². The van der Waals surface area contributed by atoms with Crippen LogP contribution in [-0.4, -0.2) is 60.9 Å². The minimum Gasteiger partial charge on any atom is -0.466 e. The van der Waals surface area contributed by atoms with Gasteiger partial charge in [-0.2, -0.15) is 8.42 Å². The van der Waals surface area contributed by atoms with Gasteiger partial charge < -0.3 is 4.74 Å². The van der Waals surface area contributed by atoms with E-state index in [1.54, 1.807) is 6.92 Å². The first-order valence-corrected chi connectivity index (χ1v) is 5.67. The third-order valence-electron chi connectivity index (χ3n) is 1.35. The Balaban J connectivity index is 0. The summed E-state index contributed by atoms with van der Waals surface area (Å²) in [6.07, 6.45) is 1.07. The van der Waals surface area contributed by atoms with Crippen LogP contribution in [0, 0.1) is 0 Å². The van der Waals surface area contributed by atoms with Crippen LogP contribution in [0.2, 0.25) is 0 Å². The maximum absolute atomic E-state index is 10.6. The van der Waals surface area contributed by atoms with Gasteiger partial charge in [-0.05, 0) is 12.8 Å². The minimum absolute atomic E-state index is 0. The van der Waals surface area contributed by atoms with E-state index < -0.39 is 10.1 Å². The number of carbonyl (C=O) groups excluding carboxylic acids is 1. The van der Waals surface area contributed by atoms with Gasteiger partial charge in [-0.3, -0.25) is 9.35 Å². The summed E-state index contributed by atoms with van der Waals surface area (Å²) in [5, 5.41) is 0. The van der Waals surface area contributed by atoms with Gasteiger partial charge in [0, 0.05) is 36.0 Å². The van der Waals surface area contributed by atoms with Crippen molar-refractivity contribution in [3.63, 3.8) is 0 Å². The summed E-state index contributed by atoms with van der Waals surface area (Å²) in [5.41, 5.74) is 0. The van der Waals surface area contributed by atoms with Crippen LogP contribution in [0.15, 0.2) is 0 Å². The molecule has 7 heteroatoms. The van der Waals surface area contributed by atoms with Gasteiger partial charge in [0.2, 0.25) is 0 Å². The molecule has 14 heavy (non-hydrogen) atoms. The molecule has 0 heterocycles. The van der Waals surface area contributed by atoms with Crippen LogP contribution in [0.5, 0.6) is 0 Å². The van der Waals surface area contributed by atoms with Crippen LogP contribution in [-0.2, 0) is 19.6 Å². The Morgan fingerprint density at radius 2 is 1.93 bits per heavy atom. The van der Waals surface area contributed by atoms with Crippen molar-refractivity contribution in [3.05, 3.63) is 0 Å². The van der Waals surface area contributed by atoms with Gasteiger partial charge >= 0.3 is 5.97 Å². The molecule has 79 valence electrons. The summed E-state index contributed by atoms with van der Waals surface area (Å²) in [7, 11) is -3.87. The van der Waals surface area contributed by atoms with Crippen molar-refractivity contribution >= 4 is 45.6 Å². The fourth-order valence-corrected chi connectivity index (χ4v) is 1.24. The monoisotopic (exact) mass is 233 g/mol. The predicted molar refractivity (Wildman–Crippen MR) is 52.7 cm³/mol. The van der Waals surface area contributed by atoms with Crippen molar-refractivity contribution in [3.8, 4) is 0 Å². The number of hydrogen-bond acceptors (Lipinski definition) is 4. The van der Waals surface area contributed by atoms with Crippen molar-refractivity contribution in [2.24, 2.45) is 0 Å². The molecule has 0 atom stereocenters. The third-order valence-corrected chi connectivity index (χ3v) is 2.15. The van der Waals surface area contributed by atoms with Crippen molar-refractivity contribution < 1.29 is 22.5 Å². The van der Waals surface area contributed by atoms with Crippen LogP contribution in [0.4, 0.5) is 0 Å². The smallest absolute Gasteiger partial charge is 0.305 e. The summed E-state index contributed by atoms with van der Waals surface area (Å²) >= 11 is 0. The number of ether oxygens (including phenoxy) is 1. The van der Waals surface area contributed by atoms with Gasteiger partial charge in [0.25, 0.3) is 10.1 Å². The van der Waals surface area contributed by atoms with Gasteiger partial charge in [0.05, 0.1) is 12.4 Å². The number of unbranched alkanes of at least 4 members (excludes halogenated alkanes) is 1.